The number of hydrogen-bond donors (Lipinski definition) is 1. The Kier molecular flexibility index (Phi) is 5.18. The van der Waals surface area contributed by atoms with Gasteiger partial charge in [0.1, 0.15) is 5.69 Å². The maximum atomic E-state index is 12.8. The summed E-state index contributed by atoms with van der Waals surface area (Å²) >= 11 is 0. The molecule has 2 rings (SSSR count). The van der Waals surface area contributed by atoms with Gasteiger partial charge < -0.3 is 15.1 Å². The largest absolute Gasteiger partial charge is 0.359 e. The van der Waals surface area contributed by atoms with Crippen molar-refractivity contribution in [2.45, 2.75) is 19.9 Å². The van der Waals surface area contributed by atoms with Gasteiger partial charge in [-0.05, 0) is 27.0 Å². The molecule has 1 atom stereocenters. The molecule has 22 heavy (non-hydrogen) atoms. The van der Waals surface area contributed by atoms with Gasteiger partial charge in [-0.15, -0.1) is 0 Å². The average molecular weight is 307 g/mol. The zero-order chi connectivity index (χ0) is 16.3. The van der Waals surface area contributed by atoms with Crippen LogP contribution in [-0.4, -0.2) is 71.7 Å². The molecule has 0 aliphatic carbocycles. The summed E-state index contributed by atoms with van der Waals surface area (Å²) in [6, 6.07) is 1.87. The molecule has 2 amide bonds. The molecule has 0 radical (unpaired) electrons. The van der Waals surface area contributed by atoms with Crippen LogP contribution in [0.4, 0.5) is 0 Å². The molecule has 7 nitrogen and oxygen atoms in total. The van der Waals surface area contributed by atoms with Gasteiger partial charge in [-0.3, -0.25) is 14.3 Å². The highest BCUT2D eigenvalue weighted by atomic mass is 16.2. The minimum absolute atomic E-state index is 0.0242. The van der Waals surface area contributed by atoms with Gasteiger partial charge in [0.15, 0.2) is 0 Å². The standard InChI is InChI=1S/C15H25N5O2/c1-11(2)20-13(5-6-17-20)15(22)19-8-7-18(4)9-12(10-19)14(21)16-3/h5-6,11-12H,7-10H2,1-4H3,(H,16,21)/t12-/m0/s1. The monoisotopic (exact) mass is 307 g/mol. The van der Waals surface area contributed by atoms with Crippen LogP contribution in [0.5, 0.6) is 0 Å². The summed E-state index contributed by atoms with van der Waals surface area (Å²) in [5.74, 6) is -0.295. The summed E-state index contributed by atoms with van der Waals surface area (Å²) in [4.78, 5) is 28.7. The van der Waals surface area contributed by atoms with Gasteiger partial charge in [0, 0.05) is 45.5 Å². The topological polar surface area (TPSA) is 70.5 Å². The number of nitrogens with zero attached hydrogens (tertiary/aromatic N) is 4. The van der Waals surface area contributed by atoms with Gasteiger partial charge in [-0.25, -0.2) is 0 Å². The van der Waals surface area contributed by atoms with E-state index in [4.69, 9.17) is 0 Å². The first-order valence-corrected chi connectivity index (χ1v) is 7.67. The molecule has 1 aromatic heterocycles. The zero-order valence-corrected chi connectivity index (χ0v) is 13.7. The van der Waals surface area contributed by atoms with Crippen LogP contribution in [-0.2, 0) is 4.79 Å². The van der Waals surface area contributed by atoms with Crippen LogP contribution < -0.4 is 5.32 Å². The van der Waals surface area contributed by atoms with Gasteiger partial charge >= 0.3 is 0 Å². The molecule has 0 saturated carbocycles. The molecular formula is C15H25N5O2. The molecule has 0 spiro atoms. The zero-order valence-electron chi connectivity index (χ0n) is 13.7. The number of nitrogens with one attached hydrogen (secondary N) is 1. The van der Waals surface area contributed by atoms with Gasteiger partial charge in [0.25, 0.3) is 5.91 Å². The van der Waals surface area contributed by atoms with Crippen LogP contribution in [0.15, 0.2) is 12.3 Å². The van der Waals surface area contributed by atoms with Crippen molar-refractivity contribution in [3.05, 3.63) is 18.0 Å². The minimum atomic E-state index is -0.211. The van der Waals surface area contributed by atoms with Crippen LogP contribution in [0, 0.1) is 5.92 Å². The van der Waals surface area contributed by atoms with Crippen LogP contribution in [0.3, 0.4) is 0 Å². The summed E-state index contributed by atoms with van der Waals surface area (Å²) in [5.41, 5.74) is 0.579. The van der Waals surface area contributed by atoms with Crippen molar-refractivity contribution in [1.29, 1.82) is 0 Å². The number of rotatable bonds is 3. The number of likely N-dealkylation sites (N-methyl/N-ethyl adjacent to an activating group) is 1. The lowest BCUT2D eigenvalue weighted by Crippen LogP contribution is -2.42. The maximum absolute atomic E-state index is 12.8. The number of amides is 2. The fourth-order valence-corrected chi connectivity index (χ4v) is 2.79. The van der Waals surface area contributed by atoms with Crippen molar-refractivity contribution in [2.75, 3.05) is 40.3 Å². The van der Waals surface area contributed by atoms with E-state index in [1.165, 1.54) is 0 Å². The molecule has 1 N–H and O–H groups in total. The molecule has 1 saturated heterocycles. The molecule has 7 heteroatoms. The highest BCUT2D eigenvalue weighted by Crippen LogP contribution is 2.15. The first-order chi connectivity index (χ1) is 10.4. The fraction of sp³-hybridized carbons (Fsp3) is 0.667. The van der Waals surface area contributed by atoms with E-state index < -0.39 is 0 Å². The van der Waals surface area contributed by atoms with E-state index >= 15 is 0 Å². The number of carbonyl (C=O) groups is 2. The molecule has 1 aliphatic rings. The van der Waals surface area contributed by atoms with Gasteiger partial charge in [-0.1, -0.05) is 0 Å². The van der Waals surface area contributed by atoms with Crippen LogP contribution in [0.25, 0.3) is 0 Å². The summed E-state index contributed by atoms with van der Waals surface area (Å²) in [6.07, 6.45) is 1.65. The number of aromatic nitrogens is 2. The first kappa shape index (κ1) is 16.5. The summed E-state index contributed by atoms with van der Waals surface area (Å²) in [6.45, 7) is 6.46. The third-order valence-electron chi connectivity index (χ3n) is 4.01. The predicted octanol–water partition coefficient (Wildman–Crippen LogP) is 0.214. The molecule has 0 bridgehead atoms. The van der Waals surface area contributed by atoms with Crippen molar-refractivity contribution in [2.24, 2.45) is 5.92 Å². The van der Waals surface area contributed by atoms with Crippen molar-refractivity contribution < 1.29 is 9.59 Å². The predicted molar refractivity (Wildman–Crippen MR) is 83.6 cm³/mol. The number of carbonyl (C=O) groups excluding carboxylic acids is 2. The molecule has 0 unspecified atom stereocenters. The highest BCUT2D eigenvalue weighted by molar-refractivity contribution is 5.93. The van der Waals surface area contributed by atoms with E-state index in [9.17, 15) is 9.59 Å². The smallest absolute Gasteiger partial charge is 0.272 e. The minimum Gasteiger partial charge on any atom is -0.359 e. The molecule has 0 aromatic carbocycles. The Morgan fingerprint density at radius 2 is 2.05 bits per heavy atom. The lowest BCUT2D eigenvalue weighted by molar-refractivity contribution is -0.125. The molecule has 1 aliphatic heterocycles. The van der Waals surface area contributed by atoms with E-state index in [0.717, 1.165) is 6.54 Å². The molecule has 1 aromatic rings. The maximum Gasteiger partial charge on any atom is 0.272 e. The Labute approximate surface area is 131 Å². The first-order valence-electron chi connectivity index (χ1n) is 7.67. The molecule has 122 valence electrons. The van der Waals surface area contributed by atoms with Crippen LogP contribution >= 0.6 is 0 Å². The number of hydrogen-bond acceptors (Lipinski definition) is 4. The SMILES string of the molecule is CNC(=O)[C@H]1CN(C)CCN(C(=O)c2ccnn2C(C)C)C1. The second-order valence-corrected chi connectivity index (χ2v) is 6.08. The van der Waals surface area contributed by atoms with E-state index in [1.54, 1.807) is 28.9 Å². The van der Waals surface area contributed by atoms with Crippen LogP contribution in [0.1, 0.15) is 30.4 Å². The Morgan fingerprint density at radius 1 is 1.32 bits per heavy atom. The lowest BCUT2D eigenvalue weighted by atomic mass is 10.1. The summed E-state index contributed by atoms with van der Waals surface area (Å²) < 4.78 is 1.73. The van der Waals surface area contributed by atoms with Gasteiger partial charge in [0.05, 0.1) is 5.92 Å². The van der Waals surface area contributed by atoms with E-state index in [1.807, 2.05) is 20.9 Å². The molecule has 1 fully saturated rings. The molecule has 2 heterocycles. The van der Waals surface area contributed by atoms with E-state index in [2.05, 4.69) is 15.3 Å². The third kappa shape index (κ3) is 3.47. The Morgan fingerprint density at radius 3 is 2.68 bits per heavy atom. The highest BCUT2D eigenvalue weighted by Gasteiger charge is 2.30. The Balaban J connectivity index is 2.20. The van der Waals surface area contributed by atoms with Crippen molar-refractivity contribution >= 4 is 11.8 Å². The fourth-order valence-electron chi connectivity index (χ4n) is 2.79. The van der Waals surface area contributed by atoms with Gasteiger partial charge in [-0.2, -0.15) is 5.10 Å². The van der Waals surface area contributed by atoms with Crippen molar-refractivity contribution in [3.63, 3.8) is 0 Å². The second kappa shape index (κ2) is 6.91. The van der Waals surface area contributed by atoms with E-state index in [-0.39, 0.29) is 23.8 Å². The quantitative estimate of drug-likeness (QED) is 0.867. The third-order valence-corrected chi connectivity index (χ3v) is 4.01. The van der Waals surface area contributed by atoms with E-state index in [0.29, 0.717) is 25.3 Å². The summed E-state index contributed by atoms with van der Waals surface area (Å²) in [7, 11) is 3.61. The normalized spacial score (nSPS) is 20.0. The Bertz CT molecular complexity index is 540. The van der Waals surface area contributed by atoms with Crippen LogP contribution in [0.2, 0.25) is 0 Å². The lowest BCUT2D eigenvalue weighted by Gasteiger charge is -2.24. The van der Waals surface area contributed by atoms with Crippen molar-refractivity contribution in [3.8, 4) is 0 Å². The van der Waals surface area contributed by atoms with Gasteiger partial charge in [0.2, 0.25) is 5.91 Å². The second-order valence-electron chi connectivity index (χ2n) is 6.08. The summed E-state index contributed by atoms with van der Waals surface area (Å²) in [5, 5.41) is 6.91. The molecular weight excluding hydrogens is 282 g/mol. The average Bonchev–Trinajstić information content (AvgIpc) is 2.90. The Hall–Kier alpha value is -1.89. The van der Waals surface area contributed by atoms with Crippen molar-refractivity contribution in [1.82, 2.24) is 24.9 Å².